The third kappa shape index (κ3) is 6.75. The summed E-state index contributed by atoms with van der Waals surface area (Å²) >= 11 is 6.91. The number of allylic oxidation sites excluding steroid dienone is 3. The molecule has 0 spiro atoms. The summed E-state index contributed by atoms with van der Waals surface area (Å²) in [7, 11) is -3.59. The summed E-state index contributed by atoms with van der Waals surface area (Å²) < 4.78 is 30.0. The lowest BCUT2D eigenvalue weighted by molar-refractivity contribution is 0.312. The van der Waals surface area contributed by atoms with Gasteiger partial charge in [0.05, 0.1) is 21.6 Å². The molecule has 1 N–H and O–H groups in total. The molecule has 1 fully saturated rings. The van der Waals surface area contributed by atoms with E-state index in [1.165, 1.54) is 0 Å². The summed E-state index contributed by atoms with van der Waals surface area (Å²) in [6.07, 6.45) is 9.01. The second-order valence-corrected chi connectivity index (χ2v) is 12.2. The standard InChI is InChI=1S/C25H27Br2N5O2S/c1-18(30-14-19-4-2-10-28-13-19)12-24(31-25-16-29-15-23(25)27)20-5-3-11-32(17-20)35(33,34)22-8-6-21(26)7-9-22/h2,4,6-10,12-13,15,20,30H,3,5,11,14,16-17H2,1H3/b18-12+,31-24+. The summed E-state index contributed by atoms with van der Waals surface area (Å²) in [4.78, 5) is 13.7. The first-order valence-electron chi connectivity index (χ1n) is 11.4. The first kappa shape index (κ1) is 25.9. The quantitative estimate of drug-likeness (QED) is 0.418. The predicted molar refractivity (Wildman–Crippen MR) is 147 cm³/mol. The van der Waals surface area contributed by atoms with Gasteiger partial charge in [0.2, 0.25) is 10.0 Å². The Hall–Kier alpha value is -2.14. The molecule has 0 amide bonds. The van der Waals surface area contributed by atoms with E-state index in [2.05, 4.69) is 47.2 Å². The minimum atomic E-state index is -3.59. The van der Waals surface area contributed by atoms with Gasteiger partial charge in [-0.15, -0.1) is 0 Å². The molecule has 3 heterocycles. The molecule has 0 radical (unpaired) electrons. The zero-order valence-electron chi connectivity index (χ0n) is 19.4. The molecule has 35 heavy (non-hydrogen) atoms. The highest BCUT2D eigenvalue weighted by molar-refractivity contribution is 9.12. The number of sulfonamides is 1. The lowest BCUT2D eigenvalue weighted by Crippen LogP contribution is -2.42. The molecular formula is C25H27Br2N5O2S. The van der Waals surface area contributed by atoms with E-state index in [1.54, 1.807) is 41.0 Å². The minimum absolute atomic E-state index is 0.0301. The van der Waals surface area contributed by atoms with Crippen molar-refractivity contribution >= 4 is 53.8 Å². The van der Waals surface area contributed by atoms with Crippen molar-refractivity contribution in [1.29, 1.82) is 0 Å². The van der Waals surface area contributed by atoms with Gasteiger partial charge in [-0.2, -0.15) is 4.31 Å². The summed E-state index contributed by atoms with van der Waals surface area (Å²) in [6, 6.07) is 10.7. The maximum absolute atomic E-state index is 13.3. The summed E-state index contributed by atoms with van der Waals surface area (Å²) in [5, 5.41) is 3.42. The maximum atomic E-state index is 13.3. The van der Waals surface area contributed by atoms with E-state index in [0.29, 0.717) is 31.1 Å². The molecule has 1 saturated heterocycles. The Kier molecular flexibility index (Phi) is 8.69. The molecule has 184 valence electrons. The van der Waals surface area contributed by atoms with Gasteiger partial charge in [0, 0.05) is 60.0 Å². The average Bonchev–Trinajstić information content (AvgIpc) is 3.27. The molecule has 1 aromatic heterocycles. The summed E-state index contributed by atoms with van der Waals surface area (Å²) in [6.45, 7) is 4.04. The van der Waals surface area contributed by atoms with E-state index in [4.69, 9.17) is 4.99 Å². The number of piperidine rings is 1. The van der Waals surface area contributed by atoms with Crippen LogP contribution in [0.15, 0.2) is 90.1 Å². The van der Waals surface area contributed by atoms with Crippen molar-refractivity contribution in [1.82, 2.24) is 14.6 Å². The first-order valence-corrected chi connectivity index (χ1v) is 14.4. The van der Waals surface area contributed by atoms with Crippen molar-refractivity contribution < 1.29 is 8.42 Å². The fourth-order valence-corrected chi connectivity index (χ4v) is 6.17. The van der Waals surface area contributed by atoms with Gasteiger partial charge in [0.25, 0.3) is 0 Å². The molecule has 2 aliphatic rings. The number of nitrogens with one attached hydrogen (secondary N) is 1. The van der Waals surface area contributed by atoms with Crippen molar-refractivity contribution in [2.75, 3.05) is 19.6 Å². The molecule has 1 aromatic carbocycles. The van der Waals surface area contributed by atoms with Gasteiger partial charge in [0.1, 0.15) is 0 Å². The van der Waals surface area contributed by atoms with Crippen LogP contribution in [0.4, 0.5) is 0 Å². The topological polar surface area (TPSA) is 87.0 Å². The van der Waals surface area contributed by atoms with E-state index in [0.717, 1.165) is 44.5 Å². The van der Waals surface area contributed by atoms with Gasteiger partial charge in [-0.1, -0.05) is 22.0 Å². The fourth-order valence-electron chi connectivity index (χ4n) is 4.02. The lowest BCUT2D eigenvalue weighted by Gasteiger charge is -2.32. The van der Waals surface area contributed by atoms with Crippen LogP contribution in [-0.2, 0) is 16.6 Å². The van der Waals surface area contributed by atoms with Crippen LogP contribution in [0, 0.1) is 5.92 Å². The van der Waals surface area contributed by atoms with Crippen LogP contribution in [0.25, 0.3) is 0 Å². The number of hydrogen-bond acceptors (Lipinski definition) is 6. The number of aliphatic imine (C=N–C) groups is 2. The van der Waals surface area contributed by atoms with E-state index >= 15 is 0 Å². The zero-order chi connectivity index (χ0) is 24.8. The van der Waals surface area contributed by atoms with Gasteiger partial charge < -0.3 is 5.32 Å². The number of pyridine rings is 1. The van der Waals surface area contributed by atoms with Crippen molar-refractivity contribution in [2.24, 2.45) is 15.9 Å². The number of nitrogens with zero attached hydrogens (tertiary/aromatic N) is 4. The normalized spacial score (nSPS) is 19.9. The Morgan fingerprint density at radius 3 is 2.74 bits per heavy atom. The lowest BCUT2D eigenvalue weighted by atomic mass is 9.93. The Balaban J connectivity index is 1.57. The molecule has 1 atom stereocenters. The first-order chi connectivity index (χ1) is 16.8. The molecular weight excluding hydrogens is 594 g/mol. The predicted octanol–water partition coefficient (Wildman–Crippen LogP) is 5.07. The Bertz CT molecular complexity index is 1270. The smallest absolute Gasteiger partial charge is 0.243 e. The van der Waals surface area contributed by atoms with Gasteiger partial charge in [-0.25, -0.2) is 8.42 Å². The highest BCUT2D eigenvalue weighted by Crippen LogP contribution is 2.27. The Morgan fingerprint density at radius 2 is 2.06 bits per heavy atom. The zero-order valence-corrected chi connectivity index (χ0v) is 23.4. The monoisotopic (exact) mass is 619 g/mol. The molecule has 4 rings (SSSR count). The molecule has 0 aliphatic carbocycles. The third-order valence-corrected chi connectivity index (χ3v) is 8.97. The van der Waals surface area contributed by atoms with Crippen molar-refractivity contribution in [2.45, 2.75) is 31.2 Å². The molecule has 2 aromatic rings. The molecule has 10 heteroatoms. The Morgan fingerprint density at radius 1 is 1.26 bits per heavy atom. The maximum Gasteiger partial charge on any atom is 0.243 e. The van der Waals surface area contributed by atoms with E-state index in [9.17, 15) is 8.42 Å². The fraction of sp³-hybridized carbons (Fsp3) is 0.320. The molecule has 1 unspecified atom stereocenters. The van der Waals surface area contributed by atoms with Crippen LogP contribution >= 0.6 is 31.9 Å². The average molecular weight is 621 g/mol. The van der Waals surface area contributed by atoms with Crippen LogP contribution in [0.1, 0.15) is 25.3 Å². The second kappa shape index (κ2) is 11.7. The van der Waals surface area contributed by atoms with Crippen LogP contribution < -0.4 is 5.32 Å². The van der Waals surface area contributed by atoms with Crippen molar-refractivity contribution in [3.8, 4) is 0 Å². The van der Waals surface area contributed by atoms with E-state index in [1.807, 2.05) is 31.3 Å². The molecule has 0 bridgehead atoms. The molecule has 7 nitrogen and oxygen atoms in total. The highest BCUT2D eigenvalue weighted by Gasteiger charge is 2.32. The number of rotatable bonds is 8. The number of aromatic nitrogens is 1. The van der Waals surface area contributed by atoms with Crippen LogP contribution in [0.5, 0.6) is 0 Å². The van der Waals surface area contributed by atoms with E-state index < -0.39 is 10.0 Å². The highest BCUT2D eigenvalue weighted by atomic mass is 79.9. The van der Waals surface area contributed by atoms with Gasteiger partial charge >= 0.3 is 0 Å². The third-order valence-electron chi connectivity index (χ3n) is 5.90. The van der Waals surface area contributed by atoms with Crippen molar-refractivity contribution in [3.05, 3.63) is 80.8 Å². The molecule has 0 saturated carbocycles. The van der Waals surface area contributed by atoms with Crippen LogP contribution in [-0.4, -0.2) is 49.3 Å². The van der Waals surface area contributed by atoms with Gasteiger partial charge in [0.15, 0.2) is 0 Å². The minimum Gasteiger partial charge on any atom is -0.384 e. The molecule has 2 aliphatic heterocycles. The number of hydrogen-bond donors (Lipinski definition) is 1. The van der Waals surface area contributed by atoms with Gasteiger partial charge in [-0.3, -0.25) is 15.0 Å². The second-order valence-electron chi connectivity index (χ2n) is 8.50. The number of halogens is 2. The van der Waals surface area contributed by atoms with Crippen LogP contribution in [0.2, 0.25) is 0 Å². The Labute approximate surface area is 223 Å². The van der Waals surface area contributed by atoms with Gasteiger partial charge in [-0.05, 0) is 77.7 Å². The SMILES string of the molecule is C/C(=C\C(=N/C1=C(Br)C=NC1)C1CCCN(S(=O)(=O)c2ccc(Br)cc2)C1)NCc1cccnc1. The summed E-state index contributed by atoms with van der Waals surface area (Å²) in [5.41, 5.74) is 3.74. The largest absolute Gasteiger partial charge is 0.384 e. The van der Waals surface area contributed by atoms with E-state index in [-0.39, 0.29) is 5.92 Å². The van der Waals surface area contributed by atoms with Crippen molar-refractivity contribution in [3.63, 3.8) is 0 Å². The number of benzene rings is 1. The van der Waals surface area contributed by atoms with Crippen LogP contribution in [0.3, 0.4) is 0 Å². The summed E-state index contributed by atoms with van der Waals surface area (Å²) in [5.74, 6) is -0.0301.